The molecule has 2 amide bonds. The molecule has 0 aliphatic rings. The van der Waals surface area contributed by atoms with E-state index in [4.69, 9.17) is 4.74 Å². The first-order valence-corrected chi connectivity index (χ1v) is 8.44. The third-order valence-electron chi connectivity index (χ3n) is 3.81. The molecule has 0 aromatic heterocycles. The summed E-state index contributed by atoms with van der Waals surface area (Å²) in [5, 5.41) is 5.49. The Morgan fingerprint density at radius 3 is 2.30 bits per heavy atom. The number of amides is 2. The van der Waals surface area contributed by atoms with Crippen molar-refractivity contribution < 1.29 is 19.1 Å². The van der Waals surface area contributed by atoms with Crippen molar-refractivity contribution in [2.24, 2.45) is 0 Å². The Bertz CT molecular complexity index is 833. The molecule has 0 heterocycles. The van der Waals surface area contributed by atoms with Gasteiger partial charge in [0.05, 0.1) is 18.4 Å². The molecule has 27 heavy (non-hydrogen) atoms. The van der Waals surface area contributed by atoms with Gasteiger partial charge in [-0.25, -0.2) is 4.79 Å². The van der Waals surface area contributed by atoms with Crippen molar-refractivity contribution in [3.63, 3.8) is 0 Å². The third kappa shape index (κ3) is 5.65. The highest BCUT2D eigenvalue weighted by Gasteiger charge is 2.15. The average molecular weight is 369 g/mol. The van der Waals surface area contributed by atoms with Crippen LogP contribution in [0.25, 0.3) is 0 Å². The summed E-state index contributed by atoms with van der Waals surface area (Å²) in [5.41, 5.74) is 1.30. The van der Waals surface area contributed by atoms with E-state index in [1.165, 1.54) is 13.2 Å². The standard InChI is InChI=1S/C20H23N3O4/c1-23(2)12-11-21-18(24)14-7-6-8-15(13-14)19(25)22-17-10-5-4-9-16(17)20(26)27-3/h4-10,13H,11-12H2,1-3H3,(H,21,24)(H,22,25). The molecular weight excluding hydrogens is 346 g/mol. The molecule has 0 radical (unpaired) electrons. The quantitative estimate of drug-likeness (QED) is 0.729. The van der Waals surface area contributed by atoms with E-state index in [1.807, 2.05) is 19.0 Å². The number of carbonyl (C=O) groups excluding carboxylic acids is 3. The summed E-state index contributed by atoms with van der Waals surface area (Å²) in [7, 11) is 5.12. The Labute approximate surface area is 158 Å². The largest absolute Gasteiger partial charge is 0.465 e. The van der Waals surface area contributed by atoms with Gasteiger partial charge in [-0.3, -0.25) is 9.59 Å². The van der Waals surface area contributed by atoms with E-state index in [1.54, 1.807) is 42.5 Å². The Hall–Kier alpha value is -3.19. The lowest BCUT2D eigenvalue weighted by atomic mass is 10.1. The maximum Gasteiger partial charge on any atom is 0.339 e. The summed E-state index contributed by atoms with van der Waals surface area (Å²) in [4.78, 5) is 38.5. The summed E-state index contributed by atoms with van der Waals surface area (Å²) in [6.07, 6.45) is 0. The van der Waals surface area contributed by atoms with Crippen molar-refractivity contribution in [1.82, 2.24) is 10.2 Å². The number of para-hydroxylation sites is 1. The number of hydrogen-bond acceptors (Lipinski definition) is 5. The molecule has 0 atom stereocenters. The lowest BCUT2D eigenvalue weighted by Crippen LogP contribution is -2.31. The second-order valence-corrected chi connectivity index (χ2v) is 6.13. The average Bonchev–Trinajstić information content (AvgIpc) is 2.67. The molecule has 7 nitrogen and oxygen atoms in total. The molecule has 2 aromatic rings. The first kappa shape index (κ1) is 20.1. The summed E-state index contributed by atoms with van der Waals surface area (Å²) in [6, 6.07) is 13.0. The van der Waals surface area contributed by atoms with Gasteiger partial charge in [0.15, 0.2) is 0 Å². The Morgan fingerprint density at radius 1 is 0.963 bits per heavy atom. The van der Waals surface area contributed by atoms with E-state index in [0.29, 0.717) is 23.4 Å². The monoisotopic (exact) mass is 369 g/mol. The molecule has 0 bridgehead atoms. The van der Waals surface area contributed by atoms with E-state index in [2.05, 4.69) is 10.6 Å². The molecule has 0 saturated heterocycles. The van der Waals surface area contributed by atoms with E-state index in [0.717, 1.165) is 6.54 Å². The van der Waals surface area contributed by atoms with Crippen molar-refractivity contribution in [1.29, 1.82) is 0 Å². The van der Waals surface area contributed by atoms with Crippen molar-refractivity contribution >= 4 is 23.5 Å². The summed E-state index contributed by atoms with van der Waals surface area (Å²) >= 11 is 0. The summed E-state index contributed by atoms with van der Waals surface area (Å²) in [5.74, 6) is -1.21. The zero-order valence-electron chi connectivity index (χ0n) is 15.6. The molecular formula is C20H23N3O4. The highest BCUT2D eigenvalue weighted by Crippen LogP contribution is 2.17. The van der Waals surface area contributed by atoms with Gasteiger partial charge in [-0.1, -0.05) is 18.2 Å². The van der Waals surface area contributed by atoms with Crippen LogP contribution >= 0.6 is 0 Å². The summed E-state index contributed by atoms with van der Waals surface area (Å²) < 4.78 is 4.72. The predicted molar refractivity (Wildman–Crippen MR) is 103 cm³/mol. The van der Waals surface area contributed by atoms with Gasteiger partial charge in [0, 0.05) is 24.2 Å². The van der Waals surface area contributed by atoms with Gasteiger partial charge in [-0.05, 0) is 44.4 Å². The molecule has 2 rings (SSSR count). The fourth-order valence-corrected chi connectivity index (χ4v) is 2.37. The topological polar surface area (TPSA) is 87.7 Å². The van der Waals surface area contributed by atoms with Crippen molar-refractivity contribution in [3.05, 3.63) is 65.2 Å². The number of rotatable bonds is 7. The maximum absolute atomic E-state index is 12.6. The van der Waals surface area contributed by atoms with E-state index in [9.17, 15) is 14.4 Å². The van der Waals surface area contributed by atoms with Crippen molar-refractivity contribution in [2.45, 2.75) is 0 Å². The van der Waals surface area contributed by atoms with Crippen molar-refractivity contribution in [3.8, 4) is 0 Å². The number of likely N-dealkylation sites (N-methyl/N-ethyl adjacent to an activating group) is 1. The van der Waals surface area contributed by atoms with Crippen LogP contribution in [0.4, 0.5) is 5.69 Å². The molecule has 2 aromatic carbocycles. The normalized spacial score (nSPS) is 10.4. The Kier molecular flexibility index (Phi) is 7.08. The second kappa shape index (κ2) is 9.49. The minimum atomic E-state index is -0.542. The van der Waals surface area contributed by atoms with Crippen LogP contribution in [0.1, 0.15) is 31.1 Å². The lowest BCUT2D eigenvalue weighted by molar-refractivity contribution is 0.0601. The Morgan fingerprint density at radius 2 is 1.63 bits per heavy atom. The number of ether oxygens (including phenoxy) is 1. The minimum absolute atomic E-state index is 0.249. The zero-order valence-corrected chi connectivity index (χ0v) is 15.6. The Balaban J connectivity index is 2.12. The molecule has 0 aliphatic heterocycles. The van der Waals surface area contributed by atoms with Gasteiger partial charge in [0.25, 0.3) is 11.8 Å². The molecule has 2 N–H and O–H groups in total. The van der Waals surface area contributed by atoms with Crippen LogP contribution in [0.2, 0.25) is 0 Å². The maximum atomic E-state index is 12.6. The molecule has 7 heteroatoms. The van der Waals surface area contributed by atoms with Gasteiger partial charge >= 0.3 is 5.97 Å². The highest BCUT2D eigenvalue weighted by molar-refractivity contribution is 6.09. The first-order chi connectivity index (χ1) is 12.9. The van der Waals surface area contributed by atoms with Crippen LogP contribution in [0.15, 0.2) is 48.5 Å². The van der Waals surface area contributed by atoms with E-state index >= 15 is 0 Å². The molecule has 142 valence electrons. The smallest absolute Gasteiger partial charge is 0.339 e. The van der Waals surface area contributed by atoms with Crippen LogP contribution in [0.3, 0.4) is 0 Å². The van der Waals surface area contributed by atoms with Crippen LogP contribution in [-0.4, -0.2) is 57.0 Å². The van der Waals surface area contributed by atoms with Gasteiger partial charge < -0.3 is 20.3 Å². The number of esters is 1. The molecule has 0 unspecified atom stereocenters. The lowest BCUT2D eigenvalue weighted by Gasteiger charge is -2.12. The zero-order chi connectivity index (χ0) is 19.8. The number of anilines is 1. The molecule has 0 saturated carbocycles. The van der Waals surface area contributed by atoms with E-state index < -0.39 is 11.9 Å². The van der Waals surface area contributed by atoms with Gasteiger partial charge in [-0.2, -0.15) is 0 Å². The summed E-state index contributed by atoms with van der Waals surface area (Å²) in [6.45, 7) is 1.23. The van der Waals surface area contributed by atoms with Crippen LogP contribution in [0, 0.1) is 0 Å². The number of nitrogens with zero attached hydrogens (tertiary/aromatic N) is 1. The van der Waals surface area contributed by atoms with Gasteiger partial charge in [0.2, 0.25) is 0 Å². The third-order valence-corrected chi connectivity index (χ3v) is 3.81. The number of carbonyl (C=O) groups is 3. The number of hydrogen-bond donors (Lipinski definition) is 2. The van der Waals surface area contributed by atoms with Crippen LogP contribution in [0.5, 0.6) is 0 Å². The van der Waals surface area contributed by atoms with Crippen LogP contribution < -0.4 is 10.6 Å². The van der Waals surface area contributed by atoms with Crippen LogP contribution in [-0.2, 0) is 4.74 Å². The minimum Gasteiger partial charge on any atom is -0.465 e. The van der Waals surface area contributed by atoms with Gasteiger partial charge in [0.1, 0.15) is 0 Å². The molecule has 0 fully saturated rings. The second-order valence-electron chi connectivity index (χ2n) is 6.13. The fourth-order valence-electron chi connectivity index (χ4n) is 2.37. The number of methoxy groups -OCH3 is 1. The molecule has 0 aliphatic carbocycles. The SMILES string of the molecule is COC(=O)c1ccccc1NC(=O)c1cccc(C(=O)NCCN(C)C)c1. The predicted octanol–water partition coefficient (Wildman–Crippen LogP) is 2.02. The highest BCUT2D eigenvalue weighted by atomic mass is 16.5. The van der Waals surface area contributed by atoms with Gasteiger partial charge in [-0.15, -0.1) is 0 Å². The van der Waals surface area contributed by atoms with E-state index in [-0.39, 0.29) is 11.5 Å². The van der Waals surface area contributed by atoms with Crippen molar-refractivity contribution in [2.75, 3.05) is 39.6 Å². The first-order valence-electron chi connectivity index (χ1n) is 8.44. The fraction of sp³-hybridized carbons (Fsp3) is 0.250. The number of nitrogens with one attached hydrogen (secondary N) is 2. The molecule has 0 spiro atoms. The number of benzene rings is 2.